The summed E-state index contributed by atoms with van der Waals surface area (Å²) in [5, 5.41) is 15.4. The second kappa shape index (κ2) is 6.86. The van der Waals surface area contributed by atoms with Gasteiger partial charge in [-0.05, 0) is 29.9 Å². The van der Waals surface area contributed by atoms with Crippen LogP contribution in [-0.4, -0.2) is 29.7 Å². The Hall–Kier alpha value is -1.39. The molecule has 1 heterocycles. The fourth-order valence-corrected chi connectivity index (χ4v) is 2.63. The van der Waals surface area contributed by atoms with Crippen LogP contribution < -0.4 is 10.6 Å². The van der Waals surface area contributed by atoms with Crippen molar-refractivity contribution in [3.05, 3.63) is 35.4 Å². The van der Waals surface area contributed by atoms with E-state index in [1.807, 2.05) is 12.1 Å². The number of aliphatic hydroxyl groups excluding tert-OH is 1. The van der Waals surface area contributed by atoms with Gasteiger partial charge in [-0.15, -0.1) is 0 Å². The van der Waals surface area contributed by atoms with Gasteiger partial charge in [-0.3, -0.25) is 4.79 Å². The van der Waals surface area contributed by atoms with E-state index in [-0.39, 0.29) is 24.6 Å². The van der Waals surface area contributed by atoms with Crippen molar-refractivity contribution < 1.29 is 9.90 Å². The van der Waals surface area contributed by atoms with E-state index < -0.39 is 0 Å². The molecule has 0 aliphatic carbocycles. The average molecular weight is 276 g/mol. The Morgan fingerprint density at radius 3 is 2.75 bits per heavy atom. The molecule has 1 aromatic carbocycles. The quantitative estimate of drug-likeness (QED) is 0.758. The Balaban J connectivity index is 1.97. The first kappa shape index (κ1) is 15.0. The fraction of sp³-hybridized carbons (Fsp3) is 0.562. The van der Waals surface area contributed by atoms with Crippen LogP contribution >= 0.6 is 0 Å². The first-order chi connectivity index (χ1) is 9.61. The van der Waals surface area contributed by atoms with E-state index in [2.05, 4.69) is 36.6 Å². The highest BCUT2D eigenvalue weighted by Gasteiger charge is 2.26. The maximum atomic E-state index is 12.3. The summed E-state index contributed by atoms with van der Waals surface area (Å²) in [5.41, 5.74) is 2.52. The summed E-state index contributed by atoms with van der Waals surface area (Å²) < 4.78 is 0. The van der Waals surface area contributed by atoms with E-state index in [4.69, 9.17) is 5.11 Å². The summed E-state index contributed by atoms with van der Waals surface area (Å²) in [6.45, 7) is 4.96. The Morgan fingerprint density at radius 2 is 2.10 bits per heavy atom. The van der Waals surface area contributed by atoms with Crippen LogP contribution in [0.1, 0.15) is 31.4 Å². The van der Waals surface area contributed by atoms with Crippen molar-refractivity contribution in [3.63, 3.8) is 0 Å². The lowest BCUT2D eigenvalue weighted by atomic mass is 9.94. The van der Waals surface area contributed by atoms with Gasteiger partial charge >= 0.3 is 0 Å². The molecule has 20 heavy (non-hydrogen) atoms. The number of rotatable bonds is 5. The largest absolute Gasteiger partial charge is 0.396 e. The van der Waals surface area contributed by atoms with Crippen molar-refractivity contribution in [2.75, 3.05) is 6.61 Å². The molecular formula is C16H24N2O2. The number of hydrogen-bond donors (Lipinski definition) is 3. The van der Waals surface area contributed by atoms with Gasteiger partial charge in [0.1, 0.15) is 0 Å². The van der Waals surface area contributed by atoms with E-state index in [0.29, 0.717) is 12.3 Å². The molecule has 2 rings (SSSR count). The topological polar surface area (TPSA) is 61.4 Å². The van der Waals surface area contributed by atoms with Crippen LogP contribution in [0.2, 0.25) is 0 Å². The maximum absolute atomic E-state index is 12.3. The molecule has 1 amide bonds. The summed E-state index contributed by atoms with van der Waals surface area (Å²) in [5.74, 6) is 0.355. The van der Waals surface area contributed by atoms with Gasteiger partial charge in [-0.2, -0.15) is 0 Å². The van der Waals surface area contributed by atoms with Gasteiger partial charge in [0.05, 0.1) is 6.04 Å². The molecule has 1 aliphatic rings. The molecule has 0 bridgehead atoms. The minimum absolute atomic E-state index is 0.0338. The molecule has 1 aromatic rings. The molecule has 3 N–H and O–H groups in total. The van der Waals surface area contributed by atoms with Crippen molar-refractivity contribution in [2.24, 2.45) is 5.92 Å². The summed E-state index contributed by atoms with van der Waals surface area (Å²) in [6, 6.07) is 8.08. The highest BCUT2D eigenvalue weighted by molar-refractivity contribution is 5.82. The van der Waals surface area contributed by atoms with Gasteiger partial charge in [0.25, 0.3) is 0 Å². The number of carbonyl (C=O) groups excluding carboxylic acids is 1. The number of carbonyl (C=O) groups is 1. The first-order valence-electron chi connectivity index (χ1n) is 7.33. The molecule has 2 atom stereocenters. The zero-order valence-corrected chi connectivity index (χ0v) is 12.2. The molecular weight excluding hydrogens is 252 g/mol. The lowest BCUT2D eigenvalue weighted by molar-refractivity contribution is -0.124. The first-order valence-corrected chi connectivity index (χ1v) is 7.33. The van der Waals surface area contributed by atoms with Crippen LogP contribution in [0.15, 0.2) is 24.3 Å². The number of benzene rings is 1. The molecule has 0 saturated heterocycles. The molecule has 0 spiro atoms. The van der Waals surface area contributed by atoms with Crippen LogP contribution in [0, 0.1) is 5.92 Å². The van der Waals surface area contributed by atoms with Gasteiger partial charge < -0.3 is 15.7 Å². The average Bonchev–Trinajstić information content (AvgIpc) is 2.46. The smallest absolute Gasteiger partial charge is 0.237 e. The standard InChI is InChI=1S/C16H24N2O2/c1-11(2)14(7-8-19)18-16(20)15-9-12-5-3-4-6-13(12)10-17-15/h3-6,11,14-15,17,19H,7-10H2,1-2H3,(H,18,20)/t14?,15-/m0/s1. The number of fused-ring (bicyclic) bond motifs is 1. The minimum atomic E-state index is -0.176. The third-order valence-corrected chi connectivity index (χ3v) is 3.97. The van der Waals surface area contributed by atoms with E-state index in [0.717, 1.165) is 13.0 Å². The van der Waals surface area contributed by atoms with Crippen molar-refractivity contribution in [3.8, 4) is 0 Å². The summed E-state index contributed by atoms with van der Waals surface area (Å²) in [4.78, 5) is 12.3. The number of aliphatic hydroxyl groups is 1. The Bertz CT molecular complexity index is 460. The van der Waals surface area contributed by atoms with Crippen LogP contribution in [0.4, 0.5) is 0 Å². The lowest BCUT2D eigenvalue weighted by Gasteiger charge is -2.28. The van der Waals surface area contributed by atoms with E-state index in [9.17, 15) is 4.79 Å². The van der Waals surface area contributed by atoms with Gasteiger partial charge in [0.2, 0.25) is 5.91 Å². The van der Waals surface area contributed by atoms with Crippen LogP contribution in [0.25, 0.3) is 0 Å². The SMILES string of the molecule is CC(C)C(CCO)NC(=O)[C@@H]1Cc2ccccc2CN1. The Kier molecular flexibility index (Phi) is 5.15. The van der Waals surface area contributed by atoms with Crippen molar-refractivity contribution >= 4 is 5.91 Å². The molecule has 110 valence electrons. The number of amides is 1. The fourth-order valence-electron chi connectivity index (χ4n) is 2.63. The normalized spacial score (nSPS) is 19.5. The Labute approximate surface area is 120 Å². The maximum Gasteiger partial charge on any atom is 0.237 e. The van der Waals surface area contributed by atoms with Crippen molar-refractivity contribution in [2.45, 2.75) is 45.3 Å². The molecule has 1 unspecified atom stereocenters. The zero-order valence-electron chi connectivity index (χ0n) is 12.2. The summed E-state index contributed by atoms with van der Waals surface area (Å²) in [7, 11) is 0. The molecule has 1 aliphatic heterocycles. The molecule has 4 nitrogen and oxygen atoms in total. The highest BCUT2D eigenvalue weighted by Crippen LogP contribution is 2.16. The van der Waals surface area contributed by atoms with Gasteiger partial charge in [-0.25, -0.2) is 0 Å². The second-order valence-corrected chi connectivity index (χ2v) is 5.78. The van der Waals surface area contributed by atoms with Crippen LogP contribution in [-0.2, 0) is 17.8 Å². The van der Waals surface area contributed by atoms with E-state index in [1.165, 1.54) is 11.1 Å². The molecule has 0 radical (unpaired) electrons. The monoisotopic (exact) mass is 276 g/mol. The zero-order chi connectivity index (χ0) is 14.5. The van der Waals surface area contributed by atoms with Crippen molar-refractivity contribution in [1.29, 1.82) is 0 Å². The number of hydrogen-bond acceptors (Lipinski definition) is 3. The minimum Gasteiger partial charge on any atom is -0.396 e. The summed E-state index contributed by atoms with van der Waals surface area (Å²) in [6.07, 6.45) is 1.33. The molecule has 0 fully saturated rings. The Morgan fingerprint density at radius 1 is 1.40 bits per heavy atom. The predicted molar refractivity (Wildman–Crippen MR) is 79.2 cm³/mol. The van der Waals surface area contributed by atoms with Gasteiger partial charge in [0.15, 0.2) is 0 Å². The lowest BCUT2D eigenvalue weighted by Crippen LogP contribution is -2.51. The van der Waals surface area contributed by atoms with Crippen LogP contribution in [0.5, 0.6) is 0 Å². The van der Waals surface area contributed by atoms with Crippen molar-refractivity contribution in [1.82, 2.24) is 10.6 Å². The second-order valence-electron chi connectivity index (χ2n) is 5.78. The molecule has 0 aromatic heterocycles. The third-order valence-electron chi connectivity index (χ3n) is 3.97. The van der Waals surface area contributed by atoms with E-state index >= 15 is 0 Å². The number of nitrogens with one attached hydrogen (secondary N) is 2. The van der Waals surface area contributed by atoms with E-state index in [1.54, 1.807) is 0 Å². The third kappa shape index (κ3) is 3.58. The summed E-state index contributed by atoms with van der Waals surface area (Å²) >= 11 is 0. The molecule has 0 saturated carbocycles. The highest BCUT2D eigenvalue weighted by atomic mass is 16.3. The van der Waals surface area contributed by atoms with Gasteiger partial charge in [-0.1, -0.05) is 38.1 Å². The molecule has 4 heteroatoms. The van der Waals surface area contributed by atoms with Crippen LogP contribution in [0.3, 0.4) is 0 Å². The van der Waals surface area contributed by atoms with Gasteiger partial charge in [0, 0.05) is 19.2 Å². The predicted octanol–water partition coefficient (Wildman–Crippen LogP) is 1.22.